The van der Waals surface area contributed by atoms with Gasteiger partial charge in [-0.15, -0.1) is 0 Å². The molecule has 0 aliphatic carbocycles. The first-order chi connectivity index (χ1) is 12.6. The first kappa shape index (κ1) is 19.8. The van der Waals surface area contributed by atoms with Crippen molar-refractivity contribution in [1.29, 1.82) is 0 Å². The van der Waals surface area contributed by atoms with Crippen LogP contribution in [0.25, 0.3) is 0 Å². The number of nitrogens with zero attached hydrogens (tertiary/aromatic N) is 2. The van der Waals surface area contributed by atoms with E-state index < -0.39 is 21.4 Å². The Kier molecular flexibility index (Phi) is 5.31. The summed E-state index contributed by atoms with van der Waals surface area (Å²) >= 11 is 0. The van der Waals surface area contributed by atoms with Crippen LogP contribution in [0.5, 0.6) is 0 Å². The molecular weight excluding hydrogens is 368 g/mol. The summed E-state index contributed by atoms with van der Waals surface area (Å²) in [5.41, 5.74) is -0.0666. The maximum absolute atomic E-state index is 13.0. The van der Waals surface area contributed by atoms with Gasteiger partial charge >= 0.3 is 5.97 Å². The van der Waals surface area contributed by atoms with Crippen LogP contribution in [0, 0.1) is 12.3 Å². The number of rotatable bonds is 4. The first-order valence-electron chi connectivity index (χ1n) is 9.29. The fourth-order valence-electron chi connectivity index (χ4n) is 3.75. The smallest absolute Gasteiger partial charge is 0.311 e. The summed E-state index contributed by atoms with van der Waals surface area (Å²) < 4.78 is 27.5. The molecule has 0 spiro atoms. The van der Waals surface area contributed by atoms with E-state index in [9.17, 15) is 23.1 Å². The van der Waals surface area contributed by atoms with Crippen molar-refractivity contribution in [2.24, 2.45) is 5.41 Å². The molecule has 1 aromatic carbocycles. The molecule has 2 heterocycles. The van der Waals surface area contributed by atoms with E-state index in [1.165, 1.54) is 15.3 Å². The van der Waals surface area contributed by atoms with Gasteiger partial charge in [0.2, 0.25) is 10.0 Å². The van der Waals surface area contributed by atoms with Crippen molar-refractivity contribution in [3.05, 3.63) is 29.3 Å². The Labute approximate surface area is 160 Å². The minimum atomic E-state index is -3.64. The van der Waals surface area contributed by atoms with Crippen LogP contribution >= 0.6 is 0 Å². The van der Waals surface area contributed by atoms with Crippen molar-refractivity contribution in [3.8, 4) is 0 Å². The highest BCUT2D eigenvalue weighted by Crippen LogP contribution is 2.32. The van der Waals surface area contributed by atoms with Gasteiger partial charge in [-0.2, -0.15) is 4.31 Å². The van der Waals surface area contributed by atoms with Crippen LogP contribution in [0.3, 0.4) is 0 Å². The molecule has 2 fully saturated rings. The van der Waals surface area contributed by atoms with Crippen LogP contribution in [0.2, 0.25) is 0 Å². The Morgan fingerprint density at radius 3 is 2.37 bits per heavy atom. The van der Waals surface area contributed by atoms with Crippen LogP contribution < -0.4 is 0 Å². The summed E-state index contributed by atoms with van der Waals surface area (Å²) in [5, 5.41) is 9.35. The summed E-state index contributed by atoms with van der Waals surface area (Å²) in [7, 11) is -3.64. The highest BCUT2D eigenvalue weighted by Gasteiger charge is 2.42. The van der Waals surface area contributed by atoms with Gasteiger partial charge in [0.25, 0.3) is 5.91 Å². The number of sulfonamides is 1. The predicted molar refractivity (Wildman–Crippen MR) is 100 cm³/mol. The van der Waals surface area contributed by atoms with Crippen molar-refractivity contribution in [2.45, 2.75) is 44.4 Å². The Morgan fingerprint density at radius 2 is 1.78 bits per heavy atom. The summed E-state index contributed by atoms with van der Waals surface area (Å²) in [6.45, 7) is 4.84. The van der Waals surface area contributed by atoms with Crippen LogP contribution in [-0.2, 0) is 14.8 Å². The Morgan fingerprint density at radius 1 is 1.11 bits per heavy atom. The largest absolute Gasteiger partial charge is 0.481 e. The molecule has 1 amide bonds. The van der Waals surface area contributed by atoms with Gasteiger partial charge in [-0.05, 0) is 50.8 Å². The van der Waals surface area contributed by atoms with Crippen molar-refractivity contribution < 1.29 is 23.1 Å². The lowest BCUT2D eigenvalue weighted by Crippen LogP contribution is -2.36. The van der Waals surface area contributed by atoms with E-state index >= 15 is 0 Å². The molecular formula is C19H26N2O5S. The van der Waals surface area contributed by atoms with E-state index in [-0.39, 0.29) is 22.9 Å². The number of carbonyl (C=O) groups excluding carboxylic acids is 1. The van der Waals surface area contributed by atoms with E-state index in [0.717, 1.165) is 19.3 Å². The zero-order valence-electron chi connectivity index (χ0n) is 15.8. The maximum Gasteiger partial charge on any atom is 0.311 e. The number of hydrogen-bond acceptors (Lipinski definition) is 4. The number of aliphatic carboxylic acids is 1. The number of carboxylic acid groups (broad SMARTS) is 1. The van der Waals surface area contributed by atoms with Gasteiger partial charge in [0.1, 0.15) is 0 Å². The SMILES string of the molecule is Cc1ccc(C(=O)N2CCC(C)(C(=O)O)C2)cc1S(=O)(=O)N1CCCCC1. The number of carboxylic acids is 1. The number of piperidine rings is 1. The minimum absolute atomic E-state index is 0.128. The van der Waals surface area contributed by atoms with E-state index in [2.05, 4.69) is 0 Å². The first-order valence-corrected chi connectivity index (χ1v) is 10.7. The van der Waals surface area contributed by atoms with Crippen molar-refractivity contribution in [1.82, 2.24) is 9.21 Å². The highest BCUT2D eigenvalue weighted by molar-refractivity contribution is 7.89. The molecule has 2 aliphatic heterocycles. The van der Waals surface area contributed by atoms with Crippen LogP contribution in [0.15, 0.2) is 23.1 Å². The quantitative estimate of drug-likeness (QED) is 0.844. The molecule has 0 radical (unpaired) electrons. The zero-order chi connectivity index (χ0) is 19.8. The summed E-state index contributed by atoms with van der Waals surface area (Å²) in [4.78, 5) is 25.9. The minimum Gasteiger partial charge on any atom is -0.481 e. The molecule has 8 heteroatoms. The van der Waals surface area contributed by atoms with Gasteiger partial charge in [-0.3, -0.25) is 9.59 Å². The van der Waals surface area contributed by atoms with Gasteiger partial charge in [0.15, 0.2) is 0 Å². The summed E-state index contributed by atoms with van der Waals surface area (Å²) in [6.07, 6.45) is 3.11. The number of likely N-dealkylation sites (tertiary alicyclic amines) is 1. The molecule has 1 unspecified atom stereocenters. The van der Waals surface area contributed by atoms with Gasteiger partial charge in [0, 0.05) is 31.7 Å². The zero-order valence-corrected chi connectivity index (χ0v) is 16.6. The van der Waals surface area contributed by atoms with Crippen LogP contribution in [-0.4, -0.2) is 60.8 Å². The topological polar surface area (TPSA) is 95.0 Å². The van der Waals surface area contributed by atoms with E-state index in [4.69, 9.17) is 0 Å². The lowest BCUT2D eigenvalue weighted by atomic mass is 9.90. The van der Waals surface area contributed by atoms with Crippen molar-refractivity contribution in [2.75, 3.05) is 26.2 Å². The van der Waals surface area contributed by atoms with E-state index in [1.54, 1.807) is 26.0 Å². The number of carbonyl (C=O) groups is 2. The highest BCUT2D eigenvalue weighted by atomic mass is 32.2. The average molecular weight is 394 g/mol. The number of benzene rings is 1. The lowest BCUT2D eigenvalue weighted by Gasteiger charge is -2.27. The monoisotopic (exact) mass is 394 g/mol. The second kappa shape index (κ2) is 7.24. The third-order valence-corrected chi connectivity index (χ3v) is 7.69. The van der Waals surface area contributed by atoms with E-state index in [1.807, 2.05) is 0 Å². The van der Waals surface area contributed by atoms with Crippen LogP contribution in [0.4, 0.5) is 0 Å². The molecule has 2 aliphatic rings. The summed E-state index contributed by atoms with van der Waals surface area (Å²) in [5.74, 6) is -1.25. The molecule has 2 saturated heterocycles. The normalized spacial score (nSPS) is 24.1. The molecule has 7 nitrogen and oxygen atoms in total. The van der Waals surface area contributed by atoms with Crippen molar-refractivity contribution in [3.63, 3.8) is 0 Å². The molecule has 1 N–H and O–H groups in total. The molecule has 1 aromatic rings. The lowest BCUT2D eigenvalue weighted by molar-refractivity contribution is -0.147. The summed E-state index contributed by atoms with van der Waals surface area (Å²) in [6, 6.07) is 4.71. The predicted octanol–water partition coefficient (Wildman–Crippen LogP) is 2.11. The molecule has 148 valence electrons. The van der Waals surface area contributed by atoms with Gasteiger partial charge in [-0.1, -0.05) is 12.5 Å². The Bertz CT molecular complexity index is 861. The molecule has 27 heavy (non-hydrogen) atoms. The Hall–Kier alpha value is -1.93. The second-order valence-corrected chi connectivity index (χ2v) is 9.69. The molecule has 1 atom stereocenters. The van der Waals surface area contributed by atoms with E-state index in [0.29, 0.717) is 31.6 Å². The number of amides is 1. The Balaban J connectivity index is 1.87. The number of hydrogen-bond donors (Lipinski definition) is 1. The fourth-order valence-corrected chi connectivity index (χ4v) is 5.51. The van der Waals surface area contributed by atoms with Crippen molar-refractivity contribution >= 4 is 21.9 Å². The number of aryl methyl sites for hydroxylation is 1. The average Bonchev–Trinajstić information content (AvgIpc) is 3.06. The third kappa shape index (κ3) is 3.73. The fraction of sp³-hybridized carbons (Fsp3) is 0.579. The molecule has 0 saturated carbocycles. The molecule has 0 bridgehead atoms. The molecule has 0 aromatic heterocycles. The van der Waals surface area contributed by atoms with Crippen LogP contribution in [0.1, 0.15) is 48.5 Å². The van der Waals surface area contributed by atoms with Gasteiger partial charge in [0.05, 0.1) is 10.3 Å². The maximum atomic E-state index is 13.0. The molecule has 3 rings (SSSR count). The third-order valence-electron chi connectivity index (χ3n) is 5.64. The second-order valence-electron chi connectivity index (χ2n) is 7.79. The standard InChI is InChI=1S/C19H26N2O5S/c1-14-6-7-15(17(22)20-11-8-19(2,13-20)18(23)24)12-16(14)27(25,26)21-9-4-3-5-10-21/h6-7,12H,3-5,8-11,13H2,1-2H3,(H,23,24). The van der Waals surface area contributed by atoms with Gasteiger partial charge in [-0.25, -0.2) is 8.42 Å². The van der Waals surface area contributed by atoms with Gasteiger partial charge < -0.3 is 10.0 Å².